The highest BCUT2D eigenvalue weighted by Crippen LogP contribution is 2.35. The predicted molar refractivity (Wildman–Crippen MR) is 154 cm³/mol. The Balaban J connectivity index is 1.23. The molecule has 0 radical (unpaired) electrons. The zero-order valence-electron chi connectivity index (χ0n) is 24.2. The molecule has 43 heavy (non-hydrogen) atoms. The van der Waals surface area contributed by atoms with Crippen LogP contribution in [0.3, 0.4) is 0 Å². The first kappa shape index (κ1) is 30.2. The number of hydrogen-bond donors (Lipinski definition) is 0. The zero-order valence-corrected chi connectivity index (χ0v) is 24.2. The molecule has 2 aliphatic rings. The highest BCUT2D eigenvalue weighted by Gasteiger charge is 2.42. The number of rotatable bonds is 7. The maximum Gasteiger partial charge on any atom is 0.437 e. The Labute approximate surface area is 247 Å². The summed E-state index contributed by atoms with van der Waals surface area (Å²) in [7, 11) is 0. The average Bonchev–Trinajstić information content (AvgIpc) is 3.31. The zero-order chi connectivity index (χ0) is 30.7. The molecule has 228 valence electrons. The minimum atomic E-state index is -4.82. The number of alkyl halides is 3. The first-order valence-corrected chi connectivity index (χ1v) is 14.5. The van der Waals surface area contributed by atoms with Crippen LogP contribution in [-0.2, 0) is 12.6 Å². The molecule has 2 aromatic heterocycles. The van der Waals surface area contributed by atoms with Crippen LogP contribution < -0.4 is 9.80 Å². The van der Waals surface area contributed by atoms with Crippen LogP contribution in [-0.4, -0.2) is 71.6 Å². The van der Waals surface area contributed by atoms with E-state index in [0.717, 1.165) is 12.8 Å². The number of halogens is 3. The SMILES string of the molecule is CC(=O)c1cccc(C(=O)N2CCCN(c3ccc(CC(=O)c4oc(N5CCCC(C)C5)nc4C(F)(F)F)cn3)CC2)c1. The van der Waals surface area contributed by atoms with Crippen molar-refractivity contribution in [3.63, 3.8) is 0 Å². The summed E-state index contributed by atoms with van der Waals surface area (Å²) in [5.41, 5.74) is 0.0989. The normalized spacial score (nSPS) is 18.0. The van der Waals surface area contributed by atoms with Crippen molar-refractivity contribution in [1.29, 1.82) is 0 Å². The van der Waals surface area contributed by atoms with Gasteiger partial charge in [-0.25, -0.2) is 4.98 Å². The van der Waals surface area contributed by atoms with Gasteiger partial charge in [-0.15, -0.1) is 0 Å². The summed E-state index contributed by atoms with van der Waals surface area (Å²) in [5, 5.41) is 0. The van der Waals surface area contributed by atoms with Crippen LogP contribution in [0.4, 0.5) is 25.0 Å². The second-order valence-corrected chi connectivity index (χ2v) is 11.3. The van der Waals surface area contributed by atoms with Gasteiger partial charge in [0.15, 0.2) is 11.5 Å². The van der Waals surface area contributed by atoms with Crippen molar-refractivity contribution < 1.29 is 32.0 Å². The number of carbonyl (C=O) groups is 3. The van der Waals surface area contributed by atoms with Gasteiger partial charge in [-0.2, -0.15) is 18.2 Å². The molecular weight excluding hydrogens is 563 g/mol. The fraction of sp³-hybridized carbons (Fsp3) is 0.452. The van der Waals surface area contributed by atoms with Crippen molar-refractivity contribution in [2.24, 2.45) is 5.92 Å². The summed E-state index contributed by atoms with van der Waals surface area (Å²) < 4.78 is 46.8. The molecule has 1 amide bonds. The first-order chi connectivity index (χ1) is 20.5. The standard InChI is InChI=1S/C31H34F3N5O4/c1-20-6-4-11-39(19-20)30-36-28(31(32,33)34)27(43-30)25(41)16-22-9-10-26(35-18-22)37-12-5-13-38(15-14-37)29(42)24-8-3-7-23(17-24)21(2)40/h3,7-10,17-18,20H,4-6,11-16,19H2,1-2H3. The number of carbonyl (C=O) groups excluding carboxylic acids is 3. The van der Waals surface area contributed by atoms with E-state index < -0.39 is 23.4 Å². The van der Waals surface area contributed by atoms with Gasteiger partial charge in [0.25, 0.3) is 11.9 Å². The molecule has 9 nitrogen and oxygen atoms in total. The molecule has 12 heteroatoms. The largest absolute Gasteiger partial charge is 0.437 e. The van der Waals surface area contributed by atoms with Crippen molar-refractivity contribution in [2.75, 3.05) is 49.1 Å². The van der Waals surface area contributed by atoms with Crippen LogP contribution in [0, 0.1) is 5.92 Å². The molecule has 2 fully saturated rings. The third-order valence-corrected chi connectivity index (χ3v) is 7.86. The van der Waals surface area contributed by atoms with Crippen molar-refractivity contribution in [1.82, 2.24) is 14.9 Å². The molecule has 5 rings (SSSR count). The summed E-state index contributed by atoms with van der Waals surface area (Å²) >= 11 is 0. The van der Waals surface area contributed by atoms with Crippen LogP contribution >= 0.6 is 0 Å². The first-order valence-electron chi connectivity index (χ1n) is 14.5. The van der Waals surface area contributed by atoms with Gasteiger partial charge in [-0.05, 0) is 55.9 Å². The highest BCUT2D eigenvalue weighted by atomic mass is 19.4. The van der Waals surface area contributed by atoms with Crippen molar-refractivity contribution in [2.45, 2.75) is 45.7 Å². The van der Waals surface area contributed by atoms with Crippen LogP contribution in [0.5, 0.6) is 0 Å². The summed E-state index contributed by atoms with van der Waals surface area (Å²) in [4.78, 5) is 51.4. The Morgan fingerprint density at radius 2 is 1.74 bits per heavy atom. The number of anilines is 2. The highest BCUT2D eigenvalue weighted by molar-refractivity contribution is 5.99. The lowest BCUT2D eigenvalue weighted by atomic mass is 10.0. The number of ketones is 2. The van der Waals surface area contributed by atoms with E-state index in [1.54, 1.807) is 46.2 Å². The Hall–Kier alpha value is -4.22. The lowest BCUT2D eigenvalue weighted by Crippen LogP contribution is -2.35. The van der Waals surface area contributed by atoms with Crippen molar-refractivity contribution >= 4 is 29.3 Å². The molecule has 0 bridgehead atoms. The average molecular weight is 598 g/mol. The number of nitrogens with zero attached hydrogens (tertiary/aromatic N) is 5. The van der Waals surface area contributed by atoms with E-state index in [-0.39, 0.29) is 30.0 Å². The van der Waals surface area contributed by atoms with Gasteiger partial charge in [-0.1, -0.05) is 25.1 Å². The molecule has 2 saturated heterocycles. The molecule has 1 atom stereocenters. The van der Waals surface area contributed by atoms with Gasteiger partial charge >= 0.3 is 6.18 Å². The summed E-state index contributed by atoms with van der Waals surface area (Å²) in [5.74, 6) is -0.918. The topological polar surface area (TPSA) is 99.9 Å². The number of amides is 1. The van der Waals surface area contributed by atoms with E-state index in [1.165, 1.54) is 13.1 Å². The Kier molecular flexibility index (Phi) is 8.84. The lowest BCUT2D eigenvalue weighted by molar-refractivity contribution is -0.141. The molecule has 3 aromatic rings. The summed E-state index contributed by atoms with van der Waals surface area (Å²) in [6.45, 7) is 6.69. The summed E-state index contributed by atoms with van der Waals surface area (Å²) in [6.07, 6.45) is -1.18. The molecule has 2 aliphatic heterocycles. The number of aromatic nitrogens is 2. The number of Topliss-reactive ketones (excluding diaryl/α,β-unsaturated/α-hetero) is 2. The third kappa shape index (κ3) is 7.06. The van der Waals surface area contributed by atoms with Gasteiger partial charge in [0.2, 0.25) is 11.5 Å². The van der Waals surface area contributed by atoms with Gasteiger partial charge in [0.1, 0.15) is 5.82 Å². The van der Waals surface area contributed by atoms with E-state index in [9.17, 15) is 27.6 Å². The Morgan fingerprint density at radius 3 is 2.44 bits per heavy atom. The minimum absolute atomic E-state index is 0.105. The molecule has 1 unspecified atom stereocenters. The number of benzene rings is 1. The van der Waals surface area contributed by atoms with E-state index in [1.807, 2.05) is 11.8 Å². The number of pyridine rings is 1. The fourth-order valence-electron chi connectivity index (χ4n) is 5.57. The number of oxazole rings is 1. The summed E-state index contributed by atoms with van der Waals surface area (Å²) in [6, 6.07) is 9.91. The number of hydrogen-bond acceptors (Lipinski definition) is 8. The third-order valence-electron chi connectivity index (χ3n) is 7.86. The Bertz CT molecular complexity index is 1490. The molecular formula is C31H34F3N5O4. The fourth-order valence-corrected chi connectivity index (χ4v) is 5.57. The predicted octanol–water partition coefficient (Wildman–Crippen LogP) is 5.31. The van der Waals surface area contributed by atoms with Crippen LogP contribution in [0.15, 0.2) is 47.0 Å². The van der Waals surface area contributed by atoms with E-state index in [2.05, 4.69) is 9.97 Å². The molecule has 0 aliphatic carbocycles. The smallest absolute Gasteiger partial charge is 0.420 e. The maximum absolute atomic E-state index is 13.8. The monoisotopic (exact) mass is 597 g/mol. The second-order valence-electron chi connectivity index (χ2n) is 11.3. The molecule has 0 spiro atoms. The van der Waals surface area contributed by atoms with E-state index in [0.29, 0.717) is 68.2 Å². The number of piperidine rings is 1. The Morgan fingerprint density at radius 1 is 0.977 bits per heavy atom. The molecule has 0 saturated carbocycles. The lowest BCUT2D eigenvalue weighted by Gasteiger charge is -2.29. The van der Waals surface area contributed by atoms with E-state index in [4.69, 9.17) is 4.42 Å². The second kappa shape index (κ2) is 12.6. The van der Waals surface area contributed by atoms with Gasteiger partial charge in [0, 0.05) is 63.0 Å². The maximum atomic E-state index is 13.8. The van der Waals surface area contributed by atoms with Gasteiger partial charge in [-0.3, -0.25) is 14.4 Å². The molecule has 0 N–H and O–H groups in total. The van der Waals surface area contributed by atoms with Crippen molar-refractivity contribution in [3.8, 4) is 0 Å². The minimum Gasteiger partial charge on any atom is -0.420 e. The quantitative estimate of drug-likeness (QED) is 0.338. The van der Waals surface area contributed by atoms with Gasteiger partial charge < -0.3 is 19.1 Å². The van der Waals surface area contributed by atoms with Crippen molar-refractivity contribution in [3.05, 3.63) is 70.7 Å². The molecule has 4 heterocycles. The van der Waals surface area contributed by atoms with Crippen LogP contribution in [0.2, 0.25) is 0 Å². The molecule has 1 aromatic carbocycles. The van der Waals surface area contributed by atoms with Crippen LogP contribution in [0.1, 0.15) is 75.6 Å². The van der Waals surface area contributed by atoms with E-state index >= 15 is 0 Å². The van der Waals surface area contributed by atoms with Gasteiger partial charge in [0.05, 0.1) is 0 Å². The van der Waals surface area contributed by atoms with Crippen LogP contribution in [0.25, 0.3) is 0 Å².